The molecule has 0 spiro atoms. The van der Waals surface area contributed by atoms with E-state index in [1.807, 2.05) is 0 Å². The van der Waals surface area contributed by atoms with E-state index in [1.165, 1.54) is 26.2 Å². The molecule has 116 valence electrons. The van der Waals surface area contributed by atoms with Crippen molar-refractivity contribution in [1.29, 1.82) is 0 Å². The summed E-state index contributed by atoms with van der Waals surface area (Å²) in [6.45, 7) is 1.96. The Balaban J connectivity index is 2.36. The van der Waals surface area contributed by atoms with Gasteiger partial charge in [0.25, 0.3) is 0 Å². The number of sulfonamides is 1. The number of fused-ring (bicyclic) bond motifs is 1. The third-order valence-electron chi connectivity index (χ3n) is 3.09. The van der Waals surface area contributed by atoms with Crippen molar-refractivity contribution in [3.63, 3.8) is 0 Å². The van der Waals surface area contributed by atoms with Crippen molar-refractivity contribution in [3.05, 3.63) is 22.7 Å². The van der Waals surface area contributed by atoms with Gasteiger partial charge in [-0.3, -0.25) is 0 Å². The van der Waals surface area contributed by atoms with Crippen LogP contribution in [0.25, 0.3) is 0 Å². The molecule has 0 N–H and O–H groups in total. The minimum atomic E-state index is -3.59. The first-order valence-electron chi connectivity index (χ1n) is 6.35. The number of hydrogen-bond acceptors (Lipinski definition) is 5. The van der Waals surface area contributed by atoms with Gasteiger partial charge in [0.1, 0.15) is 5.75 Å². The highest BCUT2D eigenvalue weighted by atomic mass is 35.5. The molecule has 0 bridgehead atoms. The Morgan fingerprint density at radius 3 is 2.71 bits per heavy atom. The molecule has 0 saturated heterocycles. The predicted molar refractivity (Wildman–Crippen MR) is 77.1 cm³/mol. The van der Waals surface area contributed by atoms with Crippen molar-refractivity contribution in [2.45, 2.75) is 24.3 Å². The normalized spacial score (nSPS) is 17.5. The fourth-order valence-corrected chi connectivity index (χ4v) is 3.34. The van der Waals surface area contributed by atoms with Crippen LogP contribution in [-0.2, 0) is 26.0 Å². The lowest BCUT2D eigenvalue weighted by Crippen LogP contribution is -2.27. The zero-order valence-electron chi connectivity index (χ0n) is 11.9. The predicted octanol–water partition coefficient (Wildman–Crippen LogP) is 1.46. The fraction of sp³-hybridized carbons (Fsp3) is 0.462. The van der Waals surface area contributed by atoms with E-state index in [9.17, 15) is 13.2 Å². The van der Waals surface area contributed by atoms with Crippen LogP contribution in [0.15, 0.2) is 17.0 Å². The third kappa shape index (κ3) is 3.00. The number of ether oxygens (including phenoxy) is 2. The molecule has 1 aromatic rings. The van der Waals surface area contributed by atoms with Crippen molar-refractivity contribution >= 4 is 27.6 Å². The quantitative estimate of drug-likeness (QED) is 0.780. The van der Waals surface area contributed by atoms with Gasteiger partial charge in [0.15, 0.2) is 6.10 Å². The molecule has 1 aromatic carbocycles. The van der Waals surface area contributed by atoms with Crippen molar-refractivity contribution in [2.75, 3.05) is 20.7 Å². The van der Waals surface area contributed by atoms with Gasteiger partial charge in [-0.2, -0.15) is 0 Å². The van der Waals surface area contributed by atoms with Crippen molar-refractivity contribution in [1.82, 2.24) is 4.31 Å². The number of halogens is 1. The number of carbonyl (C=O) groups is 1. The number of hydrogen-bond donors (Lipinski definition) is 0. The van der Waals surface area contributed by atoms with E-state index < -0.39 is 22.1 Å². The Morgan fingerprint density at radius 2 is 2.14 bits per heavy atom. The number of carbonyl (C=O) groups excluding carboxylic acids is 1. The summed E-state index contributed by atoms with van der Waals surface area (Å²) in [6.07, 6.45) is -0.542. The van der Waals surface area contributed by atoms with Gasteiger partial charge in [-0.05, 0) is 19.1 Å². The minimum absolute atomic E-state index is 0.0735. The summed E-state index contributed by atoms with van der Waals surface area (Å²) in [6, 6.07) is 2.80. The molecule has 8 heteroatoms. The summed E-state index contributed by atoms with van der Waals surface area (Å²) in [5.74, 6) is -0.144. The van der Waals surface area contributed by atoms with Gasteiger partial charge in [0, 0.05) is 26.1 Å². The Morgan fingerprint density at radius 1 is 1.48 bits per heavy atom. The van der Waals surface area contributed by atoms with Gasteiger partial charge >= 0.3 is 5.97 Å². The summed E-state index contributed by atoms with van der Waals surface area (Å²) in [4.78, 5) is 11.8. The van der Waals surface area contributed by atoms with E-state index in [0.29, 0.717) is 11.3 Å². The second kappa shape index (κ2) is 5.82. The Hall–Kier alpha value is -1.31. The molecular formula is C13H16ClNO5S. The summed E-state index contributed by atoms with van der Waals surface area (Å²) in [5.41, 5.74) is 0.584. The Bertz CT molecular complexity index is 671. The second-order valence-corrected chi connectivity index (χ2v) is 7.30. The van der Waals surface area contributed by atoms with Gasteiger partial charge in [0.2, 0.25) is 10.0 Å². The number of nitrogens with zero attached hydrogens (tertiary/aromatic N) is 1. The molecule has 0 saturated carbocycles. The first kappa shape index (κ1) is 16.1. The molecule has 0 aromatic heterocycles. The topological polar surface area (TPSA) is 72.9 Å². The van der Waals surface area contributed by atoms with Crippen molar-refractivity contribution < 1.29 is 22.7 Å². The average molecular weight is 334 g/mol. The molecule has 0 fully saturated rings. The van der Waals surface area contributed by atoms with E-state index >= 15 is 0 Å². The third-order valence-corrected chi connectivity index (χ3v) is 5.16. The van der Waals surface area contributed by atoms with E-state index in [0.717, 1.165) is 4.31 Å². The summed E-state index contributed by atoms with van der Waals surface area (Å²) < 4.78 is 35.7. The molecular weight excluding hydrogens is 318 g/mol. The van der Waals surface area contributed by atoms with Crippen LogP contribution in [0.1, 0.15) is 12.5 Å². The highest BCUT2D eigenvalue weighted by Gasteiger charge is 2.33. The number of esters is 1. The van der Waals surface area contributed by atoms with Gasteiger partial charge in [-0.1, -0.05) is 11.6 Å². The van der Waals surface area contributed by atoms with E-state index in [2.05, 4.69) is 0 Å². The monoisotopic (exact) mass is 333 g/mol. The first-order valence-corrected chi connectivity index (χ1v) is 8.17. The highest BCUT2D eigenvalue weighted by molar-refractivity contribution is 7.89. The van der Waals surface area contributed by atoms with Gasteiger partial charge in [-0.25, -0.2) is 17.5 Å². The Kier molecular flexibility index (Phi) is 4.46. The maximum atomic E-state index is 12.1. The minimum Gasteiger partial charge on any atom is -0.477 e. The smallest absolute Gasteiger partial charge is 0.347 e. The van der Waals surface area contributed by atoms with Crippen LogP contribution in [0.2, 0.25) is 5.02 Å². The molecule has 1 unspecified atom stereocenters. The van der Waals surface area contributed by atoms with Crippen LogP contribution in [0.4, 0.5) is 0 Å². The standard InChI is InChI=1S/C13H16ClNO5S/c1-4-19-13(16)11-6-8-5-9(21(17,18)15(2)3)7-10(14)12(8)20-11/h5,7,11H,4,6H2,1-3H3. The lowest BCUT2D eigenvalue weighted by atomic mass is 10.1. The molecule has 2 rings (SSSR count). The van der Waals surface area contributed by atoms with E-state index in [1.54, 1.807) is 6.92 Å². The van der Waals surface area contributed by atoms with Crippen LogP contribution in [0.5, 0.6) is 5.75 Å². The zero-order valence-corrected chi connectivity index (χ0v) is 13.5. The van der Waals surface area contributed by atoms with Crippen LogP contribution >= 0.6 is 11.6 Å². The molecule has 1 heterocycles. The molecule has 1 aliphatic heterocycles. The molecule has 21 heavy (non-hydrogen) atoms. The average Bonchev–Trinajstić information content (AvgIpc) is 2.83. The van der Waals surface area contributed by atoms with Crippen LogP contribution in [0, 0.1) is 0 Å². The lowest BCUT2D eigenvalue weighted by molar-refractivity contribution is -0.150. The number of rotatable bonds is 4. The Labute approximate surface area is 128 Å². The molecule has 0 amide bonds. The maximum Gasteiger partial charge on any atom is 0.347 e. The maximum absolute atomic E-state index is 12.1. The van der Waals surface area contributed by atoms with Crippen LogP contribution < -0.4 is 4.74 Å². The summed E-state index contributed by atoms with van der Waals surface area (Å²) >= 11 is 6.07. The second-order valence-electron chi connectivity index (χ2n) is 4.74. The van der Waals surface area contributed by atoms with Crippen molar-refractivity contribution in [3.8, 4) is 5.75 Å². The zero-order chi connectivity index (χ0) is 15.8. The van der Waals surface area contributed by atoms with Gasteiger partial charge in [-0.15, -0.1) is 0 Å². The van der Waals surface area contributed by atoms with Crippen LogP contribution in [0.3, 0.4) is 0 Å². The van der Waals surface area contributed by atoms with Gasteiger partial charge < -0.3 is 9.47 Å². The van der Waals surface area contributed by atoms with Crippen LogP contribution in [-0.4, -0.2) is 45.5 Å². The van der Waals surface area contributed by atoms with E-state index in [-0.39, 0.29) is 22.9 Å². The fourth-order valence-electron chi connectivity index (χ4n) is 2.02. The first-order chi connectivity index (χ1) is 9.77. The molecule has 6 nitrogen and oxygen atoms in total. The molecule has 1 atom stereocenters. The molecule has 0 aliphatic carbocycles. The lowest BCUT2D eigenvalue weighted by Gasteiger charge is -2.13. The largest absolute Gasteiger partial charge is 0.477 e. The summed E-state index contributed by atoms with van der Waals surface area (Å²) in [7, 11) is -0.714. The van der Waals surface area contributed by atoms with E-state index in [4.69, 9.17) is 21.1 Å². The van der Waals surface area contributed by atoms with Crippen molar-refractivity contribution in [2.24, 2.45) is 0 Å². The SMILES string of the molecule is CCOC(=O)C1Cc2cc(S(=O)(=O)N(C)C)cc(Cl)c2O1. The highest BCUT2D eigenvalue weighted by Crippen LogP contribution is 2.38. The molecule has 1 aliphatic rings. The molecule has 0 radical (unpaired) electrons. The summed E-state index contributed by atoms with van der Waals surface area (Å²) in [5, 5.41) is 0.166. The number of benzene rings is 1. The van der Waals surface area contributed by atoms with Gasteiger partial charge in [0.05, 0.1) is 16.5 Å².